The first-order chi connectivity index (χ1) is 10.7. The number of aliphatic hydroxyl groups excluding tert-OH is 1. The summed E-state index contributed by atoms with van der Waals surface area (Å²) < 4.78 is 0. The van der Waals surface area contributed by atoms with Gasteiger partial charge in [0.05, 0.1) is 6.61 Å². The van der Waals surface area contributed by atoms with Crippen LogP contribution in [0.2, 0.25) is 0 Å². The Morgan fingerprint density at radius 3 is 2.50 bits per heavy atom. The zero-order chi connectivity index (χ0) is 15.9. The van der Waals surface area contributed by atoms with Crippen molar-refractivity contribution in [3.05, 3.63) is 64.7 Å². The summed E-state index contributed by atoms with van der Waals surface area (Å²) in [5, 5.41) is 9.36. The van der Waals surface area contributed by atoms with Crippen molar-refractivity contribution in [1.82, 2.24) is 0 Å². The molecule has 0 amide bonds. The molecule has 0 fully saturated rings. The van der Waals surface area contributed by atoms with Crippen molar-refractivity contribution in [2.24, 2.45) is 5.73 Å². The fourth-order valence-electron chi connectivity index (χ4n) is 2.21. The van der Waals surface area contributed by atoms with Crippen LogP contribution < -0.4 is 5.73 Å². The van der Waals surface area contributed by atoms with Crippen LogP contribution in [0.5, 0.6) is 0 Å². The summed E-state index contributed by atoms with van der Waals surface area (Å²) in [6.07, 6.45) is 0. The lowest BCUT2D eigenvalue weighted by atomic mass is 9.98. The maximum atomic E-state index is 9.36. The molecule has 0 saturated heterocycles. The van der Waals surface area contributed by atoms with E-state index in [9.17, 15) is 5.11 Å². The topological polar surface area (TPSA) is 46.2 Å². The van der Waals surface area contributed by atoms with Crippen molar-refractivity contribution in [2.45, 2.75) is 43.6 Å². The van der Waals surface area contributed by atoms with Gasteiger partial charge in [-0.2, -0.15) is 0 Å². The summed E-state index contributed by atoms with van der Waals surface area (Å²) in [4.78, 5) is 1.13. The minimum atomic E-state index is 0.0842. The third-order valence-electron chi connectivity index (χ3n) is 3.62. The van der Waals surface area contributed by atoms with Gasteiger partial charge in [0.25, 0.3) is 0 Å². The van der Waals surface area contributed by atoms with Crippen molar-refractivity contribution in [1.29, 1.82) is 0 Å². The molecule has 2 rings (SSSR count). The summed E-state index contributed by atoms with van der Waals surface area (Å²) in [6, 6.07) is 14.6. The van der Waals surface area contributed by atoms with Crippen LogP contribution in [-0.4, -0.2) is 5.11 Å². The van der Waals surface area contributed by atoms with E-state index in [1.807, 2.05) is 18.2 Å². The summed E-state index contributed by atoms with van der Waals surface area (Å²) >= 11 is 0. The molecule has 22 heavy (non-hydrogen) atoms. The van der Waals surface area contributed by atoms with Crippen molar-refractivity contribution in [3.63, 3.8) is 0 Å². The van der Waals surface area contributed by atoms with E-state index in [1.54, 1.807) is 21.6 Å². The van der Waals surface area contributed by atoms with Gasteiger partial charge in [0.1, 0.15) is 0 Å². The van der Waals surface area contributed by atoms with E-state index in [0.29, 0.717) is 12.5 Å². The van der Waals surface area contributed by atoms with Gasteiger partial charge in [-0.15, -0.1) is 0 Å². The Morgan fingerprint density at radius 1 is 1.05 bits per heavy atom. The third kappa shape index (κ3) is 4.53. The largest absolute Gasteiger partial charge is 0.392 e. The van der Waals surface area contributed by atoms with Gasteiger partial charge in [0.2, 0.25) is 0 Å². The standard InChI is InChI=1S/C18H23NOS2/c1-13(2)14-7-8-16(17(9-14)10-19)12-21-22-18-6-4-3-5-15(18)11-20/h3-9,13,20H,10-12,19H2,1-2H3. The molecule has 0 atom stereocenters. The van der Waals surface area contributed by atoms with Crippen molar-refractivity contribution >= 4 is 21.6 Å². The molecule has 0 unspecified atom stereocenters. The average Bonchev–Trinajstić information content (AvgIpc) is 2.55. The number of rotatable bonds is 7. The van der Waals surface area contributed by atoms with Crippen LogP contribution in [0.4, 0.5) is 0 Å². The minimum absolute atomic E-state index is 0.0842. The fourth-order valence-corrected chi connectivity index (χ4v) is 4.60. The summed E-state index contributed by atoms with van der Waals surface area (Å²) in [6.45, 7) is 5.06. The molecular weight excluding hydrogens is 310 g/mol. The Hall–Kier alpha value is -0.940. The van der Waals surface area contributed by atoms with Gasteiger partial charge in [0.15, 0.2) is 0 Å². The van der Waals surface area contributed by atoms with Crippen LogP contribution in [0.25, 0.3) is 0 Å². The molecule has 0 aromatic heterocycles. The predicted octanol–water partition coefficient (Wildman–Crippen LogP) is 4.70. The lowest BCUT2D eigenvalue weighted by Crippen LogP contribution is -2.02. The molecule has 0 aliphatic rings. The molecule has 0 aliphatic carbocycles. The van der Waals surface area contributed by atoms with E-state index in [-0.39, 0.29) is 6.61 Å². The van der Waals surface area contributed by atoms with Gasteiger partial charge in [0, 0.05) is 17.2 Å². The maximum Gasteiger partial charge on any atom is 0.0693 e. The second-order valence-electron chi connectivity index (χ2n) is 5.50. The summed E-state index contributed by atoms with van der Waals surface area (Å²) in [7, 11) is 3.49. The molecule has 0 spiro atoms. The first kappa shape index (κ1) is 17.4. The quantitative estimate of drug-likeness (QED) is 0.721. The molecule has 2 aromatic carbocycles. The van der Waals surface area contributed by atoms with Gasteiger partial charge < -0.3 is 10.8 Å². The molecule has 0 heterocycles. The van der Waals surface area contributed by atoms with Gasteiger partial charge in [-0.05, 0) is 34.2 Å². The Morgan fingerprint density at radius 2 is 1.82 bits per heavy atom. The summed E-state index contributed by atoms with van der Waals surface area (Å²) in [5.74, 6) is 1.44. The zero-order valence-electron chi connectivity index (χ0n) is 13.1. The molecule has 0 saturated carbocycles. The fraction of sp³-hybridized carbons (Fsp3) is 0.333. The molecular formula is C18H23NOS2. The summed E-state index contributed by atoms with van der Waals surface area (Å²) in [5.41, 5.74) is 10.7. The zero-order valence-corrected chi connectivity index (χ0v) is 14.7. The Balaban J connectivity index is 2.02. The van der Waals surface area contributed by atoms with Crippen LogP contribution in [0.1, 0.15) is 42.0 Å². The highest BCUT2D eigenvalue weighted by Crippen LogP contribution is 2.36. The van der Waals surface area contributed by atoms with Crippen LogP contribution >= 0.6 is 21.6 Å². The highest BCUT2D eigenvalue weighted by Gasteiger charge is 2.07. The smallest absolute Gasteiger partial charge is 0.0693 e. The second-order valence-corrected chi connectivity index (χ2v) is 7.84. The molecule has 3 N–H and O–H groups in total. The van der Waals surface area contributed by atoms with Crippen LogP contribution in [0, 0.1) is 0 Å². The number of benzene rings is 2. The molecule has 0 radical (unpaired) electrons. The lowest BCUT2D eigenvalue weighted by Gasteiger charge is -2.12. The van der Waals surface area contributed by atoms with E-state index < -0.39 is 0 Å². The Labute approximate surface area is 140 Å². The number of nitrogens with two attached hydrogens (primary N) is 1. The van der Waals surface area contributed by atoms with Crippen LogP contribution in [0.15, 0.2) is 47.4 Å². The number of aliphatic hydroxyl groups is 1. The van der Waals surface area contributed by atoms with Crippen molar-refractivity contribution in [3.8, 4) is 0 Å². The predicted molar refractivity (Wildman–Crippen MR) is 97.9 cm³/mol. The van der Waals surface area contributed by atoms with Crippen LogP contribution in [-0.2, 0) is 18.9 Å². The van der Waals surface area contributed by atoms with E-state index in [4.69, 9.17) is 5.73 Å². The molecule has 2 aromatic rings. The first-order valence-electron chi connectivity index (χ1n) is 7.45. The molecule has 4 heteroatoms. The number of hydrogen-bond donors (Lipinski definition) is 2. The molecule has 0 bridgehead atoms. The van der Waals surface area contributed by atoms with Crippen molar-refractivity contribution in [2.75, 3.05) is 0 Å². The number of hydrogen-bond acceptors (Lipinski definition) is 4. The normalized spacial score (nSPS) is 11.1. The lowest BCUT2D eigenvalue weighted by molar-refractivity contribution is 0.279. The van der Waals surface area contributed by atoms with E-state index in [0.717, 1.165) is 16.2 Å². The third-order valence-corrected chi connectivity index (χ3v) is 5.99. The average molecular weight is 334 g/mol. The SMILES string of the molecule is CC(C)c1ccc(CSSc2ccccc2CO)c(CN)c1. The molecule has 0 aliphatic heterocycles. The van der Waals surface area contributed by atoms with Gasteiger partial charge in [-0.1, -0.05) is 71.8 Å². The monoisotopic (exact) mass is 333 g/mol. The van der Waals surface area contributed by atoms with Crippen molar-refractivity contribution < 1.29 is 5.11 Å². The highest BCUT2D eigenvalue weighted by atomic mass is 33.1. The van der Waals surface area contributed by atoms with Gasteiger partial charge in [-0.3, -0.25) is 0 Å². The maximum absolute atomic E-state index is 9.36. The Kier molecular flexibility index (Phi) is 6.83. The van der Waals surface area contributed by atoms with Gasteiger partial charge in [-0.25, -0.2) is 0 Å². The van der Waals surface area contributed by atoms with E-state index >= 15 is 0 Å². The van der Waals surface area contributed by atoms with Gasteiger partial charge >= 0.3 is 0 Å². The van der Waals surface area contributed by atoms with E-state index in [1.165, 1.54) is 16.7 Å². The molecule has 118 valence electrons. The van der Waals surface area contributed by atoms with E-state index in [2.05, 4.69) is 38.1 Å². The first-order valence-corrected chi connectivity index (χ1v) is 9.77. The molecule has 2 nitrogen and oxygen atoms in total. The second kappa shape index (κ2) is 8.63. The Bertz CT molecular complexity index is 614. The van der Waals surface area contributed by atoms with Crippen LogP contribution in [0.3, 0.4) is 0 Å². The minimum Gasteiger partial charge on any atom is -0.392 e. The highest BCUT2D eigenvalue weighted by molar-refractivity contribution is 8.76.